The van der Waals surface area contributed by atoms with Crippen LogP contribution in [-0.2, 0) is 12.6 Å². The third kappa shape index (κ3) is 3.14. The normalized spacial score (nSPS) is 12.0. The van der Waals surface area contributed by atoms with Gasteiger partial charge in [0.25, 0.3) is 0 Å². The highest BCUT2D eigenvalue weighted by molar-refractivity contribution is 5.93. The standard InChI is InChI=1S/C18H18F3N3/c19-18(20,21)15-6-3-5-14-13(4-1-2-9-22)16(24-17(14)15)12-7-10-23-11-8-12/h3,5-8,10-11,24H,1-2,4,9,22H2. The van der Waals surface area contributed by atoms with Crippen molar-refractivity contribution in [3.05, 3.63) is 53.9 Å². The van der Waals surface area contributed by atoms with Gasteiger partial charge in [0, 0.05) is 29.0 Å². The molecule has 6 heteroatoms. The molecule has 126 valence electrons. The number of rotatable bonds is 5. The molecule has 0 atom stereocenters. The van der Waals surface area contributed by atoms with Crippen molar-refractivity contribution in [2.75, 3.05) is 6.54 Å². The number of nitrogens with one attached hydrogen (secondary N) is 1. The summed E-state index contributed by atoms with van der Waals surface area (Å²) in [5.74, 6) is 0. The van der Waals surface area contributed by atoms with Gasteiger partial charge < -0.3 is 10.7 Å². The van der Waals surface area contributed by atoms with Crippen molar-refractivity contribution in [3.63, 3.8) is 0 Å². The van der Waals surface area contributed by atoms with E-state index in [0.29, 0.717) is 18.4 Å². The smallest absolute Gasteiger partial charge is 0.354 e. The number of aryl methyl sites for hydroxylation is 1. The van der Waals surface area contributed by atoms with Gasteiger partial charge in [0.1, 0.15) is 0 Å². The number of hydrogen-bond donors (Lipinski definition) is 2. The first-order valence-electron chi connectivity index (χ1n) is 7.83. The van der Waals surface area contributed by atoms with Crippen LogP contribution in [0.15, 0.2) is 42.7 Å². The summed E-state index contributed by atoms with van der Waals surface area (Å²) in [6.45, 7) is 0.570. The third-order valence-electron chi connectivity index (χ3n) is 4.10. The Morgan fingerprint density at radius 2 is 1.79 bits per heavy atom. The highest BCUT2D eigenvalue weighted by atomic mass is 19.4. The molecule has 0 saturated heterocycles. The molecule has 0 saturated carbocycles. The highest BCUT2D eigenvalue weighted by Gasteiger charge is 2.33. The fraction of sp³-hybridized carbons (Fsp3) is 0.278. The van der Waals surface area contributed by atoms with Crippen LogP contribution >= 0.6 is 0 Å². The van der Waals surface area contributed by atoms with Crippen LogP contribution in [0.3, 0.4) is 0 Å². The average Bonchev–Trinajstić information content (AvgIpc) is 2.94. The molecule has 0 amide bonds. The number of alkyl halides is 3. The summed E-state index contributed by atoms with van der Waals surface area (Å²) in [4.78, 5) is 6.98. The van der Waals surface area contributed by atoms with E-state index >= 15 is 0 Å². The molecule has 2 aromatic heterocycles. The molecule has 0 radical (unpaired) electrons. The molecule has 3 aromatic rings. The van der Waals surface area contributed by atoms with Crippen LogP contribution in [0.25, 0.3) is 22.2 Å². The van der Waals surface area contributed by atoms with Crippen molar-refractivity contribution in [1.82, 2.24) is 9.97 Å². The predicted molar refractivity (Wildman–Crippen MR) is 88.5 cm³/mol. The van der Waals surface area contributed by atoms with Gasteiger partial charge in [0.05, 0.1) is 11.1 Å². The van der Waals surface area contributed by atoms with Crippen LogP contribution in [0.4, 0.5) is 13.2 Å². The monoisotopic (exact) mass is 333 g/mol. The Balaban J connectivity index is 2.20. The molecule has 0 bridgehead atoms. The van der Waals surface area contributed by atoms with Crippen LogP contribution in [-0.4, -0.2) is 16.5 Å². The number of benzene rings is 1. The fourth-order valence-corrected chi connectivity index (χ4v) is 2.98. The van der Waals surface area contributed by atoms with Gasteiger partial charge in [-0.1, -0.05) is 12.1 Å². The first kappa shape index (κ1) is 16.5. The number of fused-ring (bicyclic) bond motifs is 1. The minimum atomic E-state index is -4.39. The van der Waals surface area contributed by atoms with Crippen molar-refractivity contribution >= 4 is 10.9 Å². The minimum Gasteiger partial charge on any atom is -0.354 e. The molecule has 0 fully saturated rings. The zero-order valence-electron chi connectivity index (χ0n) is 13.0. The highest BCUT2D eigenvalue weighted by Crippen LogP contribution is 2.39. The molecular formula is C18H18F3N3. The van der Waals surface area contributed by atoms with E-state index in [0.717, 1.165) is 35.7 Å². The second kappa shape index (κ2) is 6.65. The molecule has 3 nitrogen and oxygen atoms in total. The summed E-state index contributed by atoms with van der Waals surface area (Å²) in [6, 6.07) is 7.90. The molecular weight excluding hydrogens is 315 g/mol. The predicted octanol–water partition coefficient (Wildman–Crippen LogP) is 4.53. The SMILES string of the molecule is NCCCCc1c(-c2ccncc2)[nH]c2c(C(F)(F)F)cccc12. The number of unbranched alkanes of at least 4 members (excludes halogenated alkanes) is 1. The number of pyridine rings is 1. The van der Waals surface area contributed by atoms with E-state index in [1.165, 1.54) is 6.07 Å². The average molecular weight is 333 g/mol. The lowest BCUT2D eigenvalue weighted by molar-refractivity contribution is -0.136. The van der Waals surface area contributed by atoms with Crippen LogP contribution in [0, 0.1) is 0 Å². The zero-order chi connectivity index (χ0) is 17.2. The lowest BCUT2D eigenvalue weighted by Crippen LogP contribution is -2.05. The molecule has 3 N–H and O–H groups in total. The van der Waals surface area contributed by atoms with Crippen LogP contribution in [0.1, 0.15) is 24.0 Å². The van der Waals surface area contributed by atoms with Gasteiger partial charge in [0.15, 0.2) is 0 Å². The maximum absolute atomic E-state index is 13.3. The summed E-state index contributed by atoms with van der Waals surface area (Å²) in [6.07, 6.45) is 1.22. The Labute approximate surface area is 137 Å². The number of H-pyrrole nitrogens is 1. The Kier molecular flexibility index (Phi) is 4.57. The van der Waals surface area contributed by atoms with E-state index < -0.39 is 11.7 Å². The number of nitrogens with zero attached hydrogens (tertiary/aromatic N) is 1. The van der Waals surface area contributed by atoms with Crippen LogP contribution < -0.4 is 5.73 Å². The molecule has 0 unspecified atom stereocenters. The quantitative estimate of drug-likeness (QED) is 0.674. The Hall–Kier alpha value is -2.34. The zero-order valence-corrected chi connectivity index (χ0v) is 13.0. The fourth-order valence-electron chi connectivity index (χ4n) is 2.98. The van der Waals surface area contributed by atoms with Gasteiger partial charge in [0.2, 0.25) is 0 Å². The first-order valence-corrected chi connectivity index (χ1v) is 7.83. The molecule has 24 heavy (non-hydrogen) atoms. The Bertz CT molecular complexity index is 823. The van der Waals surface area contributed by atoms with E-state index in [-0.39, 0.29) is 5.52 Å². The van der Waals surface area contributed by atoms with E-state index in [9.17, 15) is 13.2 Å². The van der Waals surface area contributed by atoms with Gasteiger partial charge >= 0.3 is 6.18 Å². The largest absolute Gasteiger partial charge is 0.418 e. The maximum Gasteiger partial charge on any atom is 0.418 e. The Morgan fingerprint density at radius 3 is 2.46 bits per heavy atom. The summed E-state index contributed by atoms with van der Waals surface area (Å²) in [7, 11) is 0. The van der Waals surface area contributed by atoms with E-state index in [2.05, 4.69) is 9.97 Å². The molecule has 0 spiro atoms. The lowest BCUT2D eigenvalue weighted by Gasteiger charge is -2.07. The second-order valence-electron chi connectivity index (χ2n) is 5.69. The van der Waals surface area contributed by atoms with E-state index in [4.69, 9.17) is 5.73 Å². The number of aromatic nitrogens is 2. The van der Waals surface area contributed by atoms with Gasteiger partial charge in [-0.3, -0.25) is 4.98 Å². The topological polar surface area (TPSA) is 54.7 Å². The molecule has 3 rings (SSSR count). The van der Waals surface area contributed by atoms with Crippen LogP contribution in [0.2, 0.25) is 0 Å². The Morgan fingerprint density at radius 1 is 1.04 bits per heavy atom. The molecule has 0 aliphatic heterocycles. The summed E-state index contributed by atoms with van der Waals surface area (Å²) >= 11 is 0. The van der Waals surface area contributed by atoms with Crippen molar-refractivity contribution in [2.45, 2.75) is 25.4 Å². The molecule has 0 aliphatic carbocycles. The number of para-hydroxylation sites is 1. The van der Waals surface area contributed by atoms with E-state index in [1.54, 1.807) is 30.6 Å². The minimum absolute atomic E-state index is 0.138. The van der Waals surface area contributed by atoms with Crippen molar-refractivity contribution in [1.29, 1.82) is 0 Å². The van der Waals surface area contributed by atoms with Gasteiger partial charge in [-0.05, 0) is 49.6 Å². The number of aromatic amines is 1. The van der Waals surface area contributed by atoms with Gasteiger partial charge in [-0.25, -0.2) is 0 Å². The number of halogens is 3. The van der Waals surface area contributed by atoms with Crippen molar-refractivity contribution in [2.24, 2.45) is 5.73 Å². The lowest BCUT2D eigenvalue weighted by atomic mass is 10.00. The summed E-state index contributed by atoms with van der Waals surface area (Å²) in [5, 5.41) is 0.619. The first-order chi connectivity index (χ1) is 11.5. The van der Waals surface area contributed by atoms with Crippen molar-refractivity contribution in [3.8, 4) is 11.3 Å². The number of nitrogens with two attached hydrogens (primary N) is 1. The number of hydrogen-bond acceptors (Lipinski definition) is 2. The molecule has 0 aliphatic rings. The third-order valence-corrected chi connectivity index (χ3v) is 4.10. The van der Waals surface area contributed by atoms with Crippen LogP contribution in [0.5, 0.6) is 0 Å². The van der Waals surface area contributed by atoms with Gasteiger partial charge in [-0.15, -0.1) is 0 Å². The summed E-state index contributed by atoms with van der Waals surface area (Å²) in [5.41, 5.74) is 7.50. The molecule has 1 aromatic carbocycles. The van der Waals surface area contributed by atoms with E-state index in [1.807, 2.05) is 0 Å². The van der Waals surface area contributed by atoms with Gasteiger partial charge in [-0.2, -0.15) is 13.2 Å². The second-order valence-corrected chi connectivity index (χ2v) is 5.69. The molecule has 2 heterocycles. The van der Waals surface area contributed by atoms with Crippen molar-refractivity contribution < 1.29 is 13.2 Å². The maximum atomic E-state index is 13.3. The summed E-state index contributed by atoms with van der Waals surface area (Å²) < 4.78 is 40.0.